The second-order valence-corrected chi connectivity index (χ2v) is 11.8. The molecule has 0 saturated carbocycles. The number of nitrogens with one attached hydrogen (secondary N) is 1. The van der Waals surface area contributed by atoms with Crippen LogP contribution in [0.1, 0.15) is 87.2 Å². The van der Waals surface area contributed by atoms with Crippen molar-refractivity contribution in [3.05, 3.63) is 81.7 Å². The lowest BCUT2D eigenvalue weighted by Gasteiger charge is -2.28. The van der Waals surface area contributed by atoms with Crippen LogP contribution in [0.15, 0.2) is 47.6 Å². The average molecular weight is 488 g/mol. The van der Waals surface area contributed by atoms with Crippen LogP contribution in [0.5, 0.6) is 5.75 Å². The van der Waals surface area contributed by atoms with Gasteiger partial charge in [0.05, 0.1) is 6.21 Å². The number of hydrogen-bond donors (Lipinski definition) is 2. The molecule has 1 amide bonds. The Kier molecular flexibility index (Phi) is 7.82. The van der Waals surface area contributed by atoms with Crippen LogP contribution < -0.4 is 5.43 Å². The molecule has 0 fully saturated rings. The molecule has 1 aromatic heterocycles. The first-order valence-corrected chi connectivity index (χ1v) is 12.6. The van der Waals surface area contributed by atoms with Gasteiger partial charge in [0.2, 0.25) is 5.91 Å². The number of aromatic hydroxyl groups is 1. The van der Waals surface area contributed by atoms with Crippen LogP contribution >= 0.6 is 0 Å². The third-order valence-electron chi connectivity index (χ3n) is 6.58. The maximum Gasteiger partial charge on any atom is 0.240 e. The highest BCUT2D eigenvalue weighted by atomic mass is 16.3. The van der Waals surface area contributed by atoms with Gasteiger partial charge in [0.25, 0.3) is 0 Å². The van der Waals surface area contributed by atoms with E-state index in [1.165, 1.54) is 5.56 Å². The molecule has 0 aliphatic heterocycles. The Labute approximate surface area is 216 Å². The molecule has 5 nitrogen and oxygen atoms in total. The van der Waals surface area contributed by atoms with Crippen molar-refractivity contribution in [3.8, 4) is 11.4 Å². The van der Waals surface area contributed by atoms with Gasteiger partial charge in [-0.15, -0.1) is 0 Å². The first-order valence-electron chi connectivity index (χ1n) is 12.6. The molecular formula is C31H41N3O2. The van der Waals surface area contributed by atoms with Crippen molar-refractivity contribution < 1.29 is 9.90 Å². The Morgan fingerprint density at radius 2 is 1.50 bits per heavy atom. The maximum absolute atomic E-state index is 12.6. The van der Waals surface area contributed by atoms with E-state index in [0.29, 0.717) is 18.6 Å². The largest absolute Gasteiger partial charge is 0.507 e. The third kappa shape index (κ3) is 6.26. The standard InChI is InChI=1S/C31H41N3O2/c1-20-10-13-25(14-11-20)34-21(2)16-24(22(34)3)19-32-33-28(35)15-12-23-17-26(30(4,5)6)29(36)27(18-23)31(7,8)9/h10-11,13-14,16-19,36H,12,15H2,1-9H3,(H,33,35)/b32-19-. The highest BCUT2D eigenvalue weighted by Crippen LogP contribution is 2.40. The average Bonchev–Trinajstić information content (AvgIpc) is 3.05. The van der Waals surface area contributed by atoms with Crippen LogP contribution in [-0.2, 0) is 22.0 Å². The zero-order valence-electron chi connectivity index (χ0n) is 23.3. The van der Waals surface area contributed by atoms with Crippen LogP contribution in [0.2, 0.25) is 0 Å². The lowest BCUT2D eigenvalue weighted by atomic mass is 9.78. The minimum Gasteiger partial charge on any atom is -0.507 e. The predicted molar refractivity (Wildman–Crippen MR) is 150 cm³/mol. The molecule has 0 aliphatic rings. The number of nitrogens with zero attached hydrogens (tertiary/aromatic N) is 2. The number of aryl methyl sites for hydroxylation is 3. The van der Waals surface area contributed by atoms with E-state index in [2.05, 4.69) is 108 Å². The van der Waals surface area contributed by atoms with Gasteiger partial charge in [-0.05, 0) is 72.9 Å². The van der Waals surface area contributed by atoms with E-state index in [1.54, 1.807) is 6.21 Å². The number of aromatic nitrogens is 1. The van der Waals surface area contributed by atoms with E-state index in [-0.39, 0.29) is 16.7 Å². The fourth-order valence-corrected chi connectivity index (χ4v) is 4.48. The number of carbonyl (C=O) groups is 1. The summed E-state index contributed by atoms with van der Waals surface area (Å²) >= 11 is 0. The van der Waals surface area contributed by atoms with E-state index in [9.17, 15) is 9.90 Å². The van der Waals surface area contributed by atoms with E-state index in [0.717, 1.165) is 39.3 Å². The van der Waals surface area contributed by atoms with Crippen molar-refractivity contribution in [2.24, 2.45) is 5.10 Å². The van der Waals surface area contributed by atoms with Crippen molar-refractivity contribution in [3.63, 3.8) is 0 Å². The van der Waals surface area contributed by atoms with Crippen molar-refractivity contribution in [2.75, 3.05) is 0 Å². The molecule has 0 unspecified atom stereocenters. The molecule has 0 spiro atoms. The topological polar surface area (TPSA) is 66.6 Å². The number of phenolic OH excluding ortho intramolecular Hbond substituents is 1. The number of rotatable bonds is 6. The van der Waals surface area contributed by atoms with Gasteiger partial charge in [0.15, 0.2) is 0 Å². The van der Waals surface area contributed by atoms with Crippen LogP contribution in [0, 0.1) is 20.8 Å². The smallest absolute Gasteiger partial charge is 0.240 e. The van der Waals surface area contributed by atoms with Crippen LogP contribution in [0.25, 0.3) is 5.69 Å². The Morgan fingerprint density at radius 1 is 0.944 bits per heavy atom. The summed E-state index contributed by atoms with van der Waals surface area (Å²) in [7, 11) is 0. The van der Waals surface area contributed by atoms with Gasteiger partial charge in [-0.3, -0.25) is 4.79 Å². The first-order chi connectivity index (χ1) is 16.7. The van der Waals surface area contributed by atoms with Gasteiger partial charge in [0.1, 0.15) is 5.75 Å². The summed E-state index contributed by atoms with van der Waals surface area (Å²) in [5, 5.41) is 15.1. The number of carbonyl (C=O) groups excluding carboxylic acids is 1. The van der Waals surface area contributed by atoms with Crippen molar-refractivity contribution in [1.82, 2.24) is 9.99 Å². The Hall–Kier alpha value is -3.34. The van der Waals surface area contributed by atoms with Gasteiger partial charge in [-0.2, -0.15) is 5.10 Å². The maximum atomic E-state index is 12.6. The number of amides is 1. The second kappa shape index (κ2) is 10.3. The van der Waals surface area contributed by atoms with E-state index in [1.807, 2.05) is 12.1 Å². The molecule has 3 aromatic rings. The lowest BCUT2D eigenvalue weighted by Crippen LogP contribution is -2.20. The molecule has 192 valence electrons. The second-order valence-electron chi connectivity index (χ2n) is 11.8. The summed E-state index contributed by atoms with van der Waals surface area (Å²) in [5.41, 5.74) is 10.6. The number of hydrazone groups is 1. The van der Waals surface area contributed by atoms with Crippen LogP contribution in [0.4, 0.5) is 0 Å². The Bertz CT molecular complexity index is 1230. The minimum atomic E-state index is -0.197. The zero-order valence-corrected chi connectivity index (χ0v) is 23.3. The van der Waals surface area contributed by atoms with Crippen molar-refractivity contribution in [2.45, 2.75) is 86.0 Å². The van der Waals surface area contributed by atoms with Gasteiger partial charge in [0, 0.05) is 29.1 Å². The molecule has 2 aromatic carbocycles. The molecule has 0 radical (unpaired) electrons. The first kappa shape index (κ1) is 27.3. The molecule has 0 saturated heterocycles. The summed E-state index contributed by atoms with van der Waals surface area (Å²) in [6.45, 7) is 18.8. The quantitative estimate of drug-likeness (QED) is 0.297. The molecule has 2 N–H and O–H groups in total. The SMILES string of the molecule is Cc1ccc(-n2c(C)cc(/C=N\NC(=O)CCc3cc(C(C)(C)C)c(O)c(C(C)(C)C)c3)c2C)cc1. The number of hydrogen-bond acceptors (Lipinski definition) is 3. The number of benzene rings is 2. The number of phenols is 1. The highest BCUT2D eigenvalue weighted by molar-refractivity contribution is 5.84. The molecular weight excluding hydrogens is 446 g/mol. The molecule has 0 bridgehead atoms. The summed E-state index contributed by atoms with van der Waals surface area (Å²) in [6.07, 6.45) is 2.61. The van der Waals surface area contributed by atoms with Gasteiger partial charge in [-0.1, -0.05) is 71.4 Å². The fraction of sp³-hybridized carbons (Fsp3) is 0.419. The van der Waals surface area contributed by atoms with E-state index < -0.39 is 0 Å². The summed E-state index contributed by atoms with van der Waals surface area (Å²) < 4.78 is 2.19. The van der Waals surface area contributed by atoms with Gasteiger partial charge < -0.3 is 9.67 Å². The minimum absolute atomic E-state index is 0.138. The molecule has 5 heteroatoms. The van der Waals surface area contributed by atoms with E-state index in [4.69, 9.17) is 0 Å². The lowest BCUT2D eigenvalue weighted by molar-refractivity contribution is -0.121. The van der Waals surface area contributed by atoms with Gasteiger partial charge in [-0.25, -0.2) is 5.43 Å². The monoisotopic (exact) mass is 487 g/mol. The van der Waals surface area contributed by atoms with Crippen LogP contribution in [0.3, 0.4) is 0 Å². The third-order valence-corrected chi connectivity index (χ3v) is 6.58. The van der Waals surface area contributed by atoms with Gasteiger partial charge >= 0.3 is 0 Å². The van der Waals surface area contributed by atoms with E-state index >= 15 is 0 Å². The Balaban J connectivity index is 1.70. The molecule has 1 heterocycles. The summed E-state index contributed by atoms with van der Waals surface area (Å²) in [6, 6.07) is 14.6. The summed E-state index contributed by atoms with van der Waals surface area (Å²) in [5.74, 6) is 0.220. The Morgan fingerprint density at radius 3 is 2.03 bits per heavy atom. The fourth-order valence-electron chi connectivity index (χ4n) is 4.48. The highest BCUT2D eigenvalue weighted by Gasteiger charge is 2.26. The molecule has 36 heavy (non-hydrogen) atoms. The summed E-state index contributed by atoms with van der Waals surface area (Å²) in [4.78, 5) is 12.6. The molecule has 0 aliphatic carbocycles. The molecule has 0 atom stereocenters. The van der Waals surface area contributed by atoms with Crippen LogP contribution in [-0.4, -0.2) is 21.8 Å². The normalized spacial score (nSPS) is 12.4. The van der Waals surface area contributed by atoms with Crippen molar-refractivity contribution >= 4 is 12.1 Å². The predicted octanol–water partition coefficient (Wildman–Crippen LogP) is 6.79. The zero-order chi connectivity index (χ0) is 26.8. The van der Waals surface area contributed by atoms with Crippen molar-refractivity contribution in [1.29, 1.82) is 0 Å². The molecule has 3 rings (SSSR count).